The zero-order valence-corrected chi connectivity index (χ0v) is 22.2. The molecule has 1 N–H and O–H groups in total. The summed E-state index contributed by atoms with van der Waals surface area (Å²) in [5, 5.41) is 14.6. The summed E-state index contributed by atoms with van der Waals surface area (Å²) in [7, 11) is 0. The van der Waals surface area contributed by atoms with Gasteiger partial charge >= 0.3 is 0 Å². The zero-order chi connectivity index (χ0) is 26.6. The zero-order valence-electron chi connectivity index (χ0n) is 22.2. The van der Waals surface area contributed by atoms with Crippen LogP contribution in [0.1, 0.15) is 42.5 Å². The summed E-state index contributed by atoms with van der Waals surface area (Å²) in [5.41, 5.74) is 7.11. The van der Waals surface area contributed by atoms with Gasteiger partial charge in [0.15, 0.2) is 0 Å². The van der Waals surface area contributed by atoms with Gasteiger partial charge in [-0.3, -0.25) is 0 Å². The maximum absolute atomic E-state index is 10.1. The van der Waals surface area contributed by atoms with Crippen molar-refractivity contribution in [2.45, 2.75) is 31.8 Å². The quantitative estimate of drug-likeness (QED) is 0.252. The van der Waals surface area contributed by atoms with E-state index in [0.717, 1.165) is 22.9 Å². The molecule has 0 saturated carbocycles. The van der Waals surface area contributed by atoms with Crippen molar-refractivity contribution in [3.05, 3.63) is 144 Å². The van der Waals surface area contributed by atoms with Crippen molar-refractivity contribution in [3.63, 3.8) is 0 Å². The third-order valence-electron chi connectivity index (χ3n) is 8.37. The van der Waals surface area contributed by atoms with Crippen LogP contribution in [0.3, 0.4) is 0 Å². The van der Waals surface area contributed by atoms with E-state index in [1.807, 2.05) is 12.1 Å². The minimum Gasteiger partial charge on any atom is -0.508 e. The van der Waals surface area contributed by atoms with Gasteiger partial charge in [-0.1, -0.05) is 91.9 Å². The molecule has 1 atom stereocenters. The van der Waals surface area contributed by atoms with Crippen LogP contribution in [0, 0.1) is 0 Å². The molecule has 0 saturated heterocycles. The topological polar surface area (TPSA) is 29.5 Å². The summed E-state index contributed by atoms with van der Waals surface area (Å²) in [6.07, 6.45) is 1.16. The van der Waals surface area contributed by atoms with Crippen molar-refractivity contribution in [1.29, 1.82) is 0 Å². The van der Waals surface area contributed by atoms with Crippen molar-refractivity contribution in [1.82, 2.24) is 0 Å². The number of hydrogen-bond donors (Lipinski definition) is 1. The van der Waals surface area contributed by atoms with E-state index in [1.165, 1.54) is 44.2 Å². The molecule has 2 heteroatoms. The number of hydrogen-bond acceptors (Lipinski definition) is 2. The molecule has 0 spiro atoms. The predicted molar refractivity (Wildman–Crippen MR) is 161 cm³/mol. The molecule has 7 rings (SSSR count). The number of phenols is 1. The summed E-state index contributed by atoms with van der Waals surface area (Å²) in [5.74, 6) is 1.20. The fraction of sp³-hybridized carbons (Fsp3) is 0.135. The predicted octanol–water partition coefficient (Wildman–Crippen LogP) is 9.24. The summed E-state index contributed by atoms with van der Waals surface area (Å²) in [6.45, 7) is 4.25. The van der Waals surface area contributed by atoms with Gasteiger partial charge < -0.3 is 9.84 Å². The molecule has 1 aliphatic rings. The van der Waals surface area contributed by atoms with Gasteiger partial charge in [0.25, 0.3) is 0 Å². The first-order valence-electron chi connectivity index (χ1n) is 13.7. The van der Waals surface area contributed by atoms with Gasteiger partial charge in [-0.15, -0.1) is 0 Å². The van der Waals surface area contributed by atoms with Gasteiger partial charge in [0.05, 0.1) is 11.5 Å². The van der Waals surface area contributed by atoms with E-state index in [1.54, 1.807) is 6.07 Å². The highest BCUT2D eigenvalue weighted by molar-refractivity contribution is 5.92. The Morgan fingerprint density at radius 3 is 1.74 bits per heavy atom. The smallest absolute Gasteiger partial charge is 0.120 e. The largest absolute Gasteiger partial charge is 0.508 e. The Morgan fingerprint density at radius 1 is 0.615 bits per heavy atom. The molecule has 39 heavy (non-hydrogen) atoms. The van der Waals surface area contributed by atoms with E-state index >= 15 is 0 Å². The lowest BCUT2D eigenvalue weighted by atomic mass is 9.67. The molecular formula is C37H30O2. The van der Waals surface area contributed by atoms with Crippen molar-refractivity contribution in [2.75, 3.05) is 0 Å². The molecule has 0 bridgehead atoms. The molecule has 0 radical (unpaired) electrons. The van der Waals surface area contributed by atoms with Crippen LogP contribution in [0.5, 0.6) is 11.5 Å². The maximum Gasteiger partial charge on any atom is 0.120 e. The van der Waals surface area contributed by atoms with E-state index in [9.17, 15) is 5.11 Å². The average molecular weight is 507 g/mol. The second-order valence-electron chi connectivity index (χ2n) is 10.6. The van der Waals surface area contributed by atoms with E-state index in [-0.39, 0.29) is 11.9 Å². The van der Waals surface area contributed by atoms with Crippen LogP contribution < -0.4 is 4.74 Å². The van der Waals surface area contributed by atoms with E-state index < -0.39 is 5.41 Å². The SMILES string of the molecule is CCC(C)Oc1ccc2cc(C3(c4ccc5cc(O)ccc5c4)c4ccccc4-c4ccccc43)ccc2c1. The number of ether oxygens (including phenoxy) is 1. The summed E-state index contributed by atoms with van der Waals surface area (Å²) < 4.78 is 6.12. The second-order valence-corrected chi connectivity index (χ2v) is 10.6. The van der Waals surface area contributed by atoms with Crippen molar-refractivity contribution < 1.29 is 9.84 Å². The molecule has 1 aliphatic carbocycles. The fourth-order valence-electron chi connectivity index (χ4n) is 6.34. The Balaban J connectivity index is 1.51. The fourth-order valence-corrected chi connectivity index (χ4v) is 6.34. The molecule has 2 nitrogen and oxygen atoms in total. The average Bonchev–Trinajstić information content (AvgIpc) is 3.28. The highest BCUT2D eigenvalue weighted by Crippen LogP contribution is 2.56. The first kappa shape index (κ1) is 23.5. The van der Waals surface area contributed by atoms with E-state index in [4.69, 9.17) is 4.74 Å². The van der Waals surface area contributed by atoms with Crippen LogP contribution in [0.15, 0.2) is 121 Å². The van der Waals surface area contributed by atoms with Gasteiger partial charge in [0, 0.05) is 0 Å². The van der Waals surface area contributed by atoms with Crippen LogP contribution in [-0.2, 0) is 5.41 Å². The molecule has 0 heterocycles. The van der Waals surface area contributed by atoms with Crippen LogP contribution in [0.4, 0.5) is 0 Å². The Hall–Kier alpha value is -4.56. The summed E-state index contributed by atoms with van der Waals surface area (Å²) in [4.78, 5) is 0. The van der Waals surface area contributed by atoms with Gasteiger partial charge in [0.2, 0.25) is 0 Å². The lowest BCUT2D eigenvalue weighted by Crippen LogP contribution is -2.28. The van der Waals surface area contributed by atoms with E-state index in [0.29, 0.717) is 0 Å². The molecular weight excluding hydrogens is 476 g/mol. The van der Waals surface area contributed by atoms with Crippen molar-refractivity contribution >= 4 is 21.5 Å². The molecule has 0 aromatic heterocycles. The molecule has 6 aromatic rings. The Kier molecular flexibility index (Phi) is 5.45. The summed E-state index contributed by atoms with van der Waals surface area (Å²) >= 11 is 0. The van der Waals surface area contributed by atoms with Crippen LogP contribution in [0.25, 0.3) is 32.7 Å². The van der Waals surface area contributed by atoms with E-state index in [2.05, 4.69) is 117 Å². The Labute approximate surface area is 229 Å². The first-order chi connectivity index (χ1) is 19.1. The highest BCUT2D eigenvalue weighted by Gasteiger charge is 2.46. The monoisotopic (exact) mass is 506 g/mol. The standard InChI is InChI=1S/C37H30O2/c1-3-24(2)39-32-19-15-26-21-30(17-13-28(26)23-32)37(29-16-12-27-22-31(38)18-14-25(27)20-29)35-10-6-4-8-33(35)34-9-5-7-11-36(34)37/h4-24,38H,3H2,1-2H3. The third-order valence-corrected chi connectivity index (χ3v) is 8.37. The second kappa shape index (κ2) is 9.03. The Morgan fingerprint density at radius 2 is 1.13 bits per heavy atom. The number of phenolic OH excluding ortho intramolecular Hbond substituents is 1. The van der Waals surface area contributed by atoms with Crippen LogP contribution in [-0.4, -0.2) is 11.2 Å². The van der Waals surface area contributed by atoms with Gasteiger partial charge in [-0.2, -0.15) is 0 Å². The maximum atomic E-state index is 10.1. The lowest BCUT2D eigenvalue weighted by molar-refractivity contribution is 0.218. The molecule has 190 valence electrons. The summed E-state index contributed by atoms with van der Waals surface area (Å²) in [6, 6.07) is 43.2. The highest BCUT2D eigenvalue weighted by atomic mass is 16.5. The number of fused-ring (bicyclic) bond motifs is 5. The third kappa shape index (κ3) is 3.63. The molecule has 0 aliphatic heterocycles. The van der Waals surface area contributed by atoms with Crippen molar-refractivity contribution in [2.24, 2.45) is 0 Å². The Bertz CT molecular complexity index is 1820. The molecule has 0 amide bonds. The normalized spacial score (nSPS) is 14.2. The minimum atomic E-state index is -0.473. The van der Waals surface area contributed by atoms with Crippen LogP contribution in [0.2, 0.25) is 0 Å². The number of aromatic hydroxyl groups is 1. The number of benzene rings is 6. The van der Waals surface area contributed by atoms with Gasteiger partial charge in [-0.25, -0.2) is 0 Å². The molecule has 6 aromatic carbocycles. The van der Waals surface area contributed by atoms with Gasteiger partial charge in [0.1, 0.15) is 11.5 Å². The van der Waals surface area contributed by atoms with Crippen molar-refractivity contribution in [3.8, 4) is 22.6 Å². The van der Waals surface area contributed by atoms with Gasteiger partial charge in [-0.05, 0) is 105 Å². The number of rotatable bonds is 5. The molecule has 1 unspecified atom stereocenters. The lowest BCUT2D eigenvalue weighted by Gasteiger charge is -2.34. The first-order valence-corrected chi connectivity index (χ1v) is 13.7. The minimum absolute atomic E-state index is 0.186. The van der Waals surface area contributed by atoms with Crippen LogP contribution >= 0.6 is 0 Å². The molecule has 0 fully saturated rings.